The number of nitrogens with one attached hydrogen (secondary N) is 1. The van der Waals surface area contributed by atoms with Gasteiger partial charge >= 0.3 is 0 Å². The molecule has 0 aromatic heterocycles. The number of halogens is 2. The molecule has 1 saturated heterocycles. The van der Waals surface area contributed by atoms with Crippen LogP contribution in [0, 0.1) is 11.6 Å². The third-order valence-corrected chi connectivity index (χ3v) is 4.29. The summed E-state index contributed by atoms with van der Waals surface area (Å²) < 4.78 is 27.2. The molecule has 16 heavy (non-hydrogen) atoms. The quantitative estimate of drug-likeness (QED) is 0.633. The Morgan fingerprint density at radius 1 is 1.38 bits per heavy atom. The predicted octanol–water partition coefficient (Wildman–Crippen LogP) is 2.36. The van der Waals surface area contributed by atoms with E-state index >= 15 is 0 Å². The van der Waals surface area contributed by atoms with E-state index in [9.17, 15) is 8.78 Å². The Bertz CT molecular complexity index is 347. The van der Waals surface area contributed by atoms with Gasteiger partial charge in [0.2, 0.25) is 0 Å². The minimum atomic E-state index is -0.532. The Hall–Kier alpha value is -0.650. The maximum Gasteiger partial charge on any atom is 0.131 e. The smallest absolute Gasteiger partial charge is 0.131 e. The van der Waals surface area contributed by atoms with Crippen LogP contribution in [0.4, 0.5) is 8.78 Å². The molecule has 0 radical (unpaired) electrons. The minimum absolute atomic E-state index is 0.0596. The van der Waals surface area contributed by atoms with E-state index in [2.05, 4.69) is 5.43 Å². The average Bonchev–Trinajstić information content (AvgIpc) is 2.77. The van der Waals surface area contributed by atoms with Crippen LogP contribution in [0.3, 0.4) is 0 Å². The van der Waals surface area contributed by atoms with Crippen molar-refractivity contribution in [3.05, 3.63) is 35.4 Å². The number of rotatable bonds is 3. The maximum atomic E-state index is 13.6. The monoisotopic (exact) mass is 244 g/mol. The number of hydrogen-bond donors (Lipinski definition) is 2. The lowest BCUT2D eigenvalue weighted by molar-refractivity contribution is 0.458. The molecule has 0 spiro atoms. The van der Waals surface area contributed by atoms with Crippen molar-refractivity contribution in [2.75, 3.05) is 5.75 Å². The van der Waals surface area contributed by atoms with Gasteiger partial charge in [0.1, 0.15) is 11.6 Å². The molecule has 1 heterocycles. The van der Waals surface area contributed by atoms with Gasteiger partial charge in [0.25, 0.3) is 0 Å². The Balaban J connectivity index is 2.32. The number of hydrazine groups is 1. The van der Waals surface area contributed by atoms with Crippen LogP contribution < -0.4 is 11.3 Å². The lowest BCUT2D eigenvalue weighted by Crippen LogP contribution is -2.35. The predicted molar refractivity (Wildman–Crippen MR) is 61.9 cm³/mol. The standard InChI is InChI=1S/C11H14F2N2S/c12-7-3-1-4-8(13)10(7)11(15-14)9-5-2-6-16-9/h1,3-4,9,11,15H,2,5-6,14H2. The van der Waals surface area contributed by atoms with Crippen molar-refractivity contribution < 1.29 is 8.78 Å². The van der Waals surface area contributed by atoms with E-state index in [4.69, 9.17) is 5.84 Å². The van der Waals surface area contributed by atoms with Crippen molar-refractivity contribution in [1.82, 2.24) is 5.43 Å². The van der Waals surface area contributed by atoms with Crippen LogP contribution in [0.2, 0.25) is 0 Å². The Morgan fingerprint density at radius 2 is 2.06 bits per heavy atom. The molecule has 88 valence electrons. The van der Waals surface area contributed by atoms with Crippen LogP contribution in [0.1, 0.15) is 24.4 Å². The van der Waals surface area contributed by atoms with Gasteiger partial charge in [-0.1, -0.05) is 6.07 Å². The molecule has 2 rings (SSSR count). The van der Waals surface area contributed by atoms with Crippen LogP contribution in [-0.4, -0.2) is 11.0 Å². The van der Waals surface area contributed by atoms with E-state index in [0.29, 0.717) is 0 Å². The van der Waals surface area contributed by atoms with Gasteiger partial charge in [0, 0.05) is 10.8 Å². The zero-order valence-corrected chi connectivity index (χ0v) is 9.57. The van der Waals surface area contributed by atoms with Crippen LogP contribution in [0.15, 0.2) is 18.2 Å². The van der Waals surface area contributed by atoms with Gasteiger partial charge in [-0.05, 0) is 30.7 Å². The largest absolute Gasteiger partial charge is 0.271 e. The topological polar surface area (TPSA) is 38.0 Å². The second-order valence-corrected chi connectivity index (χ2v) is 5.18. The Morgan fingerprint density at radius 3 is 2.56 bits per heavy atom. The van der Waals surface area contributed by atoms with Crippen LogP contribution in [0.25, 0.3) is 0 Å². The fourth-order valence-electron chi connectivity index (χ4n) is 2.05. The van der Waals surface area contributed by atoms with Crippen molar-refractivity contribution in [2.45, 2.75) is 24.1 Å². The van der Waals surface area contributed by atoms with Gasteiger partial charge in [-0.15, -0.1) is 0 Å². The molecule has 2 atom stereocenters. The molecule has 0 saturated carbocycles. The molecule has 5 heteroatoms. The normalized spacial score (nSPS) is 22.3. The lowest BCUT2D eigenvalue weighted by Gasteiger charge is -2.23. The highest BCUT2D eigenvalue weighted by atomic mass is 32.2. The van der Waals surface area contributed by atoms with Crippen molar-refractivity contribution >= 4 is 11.8 Å². The van der Waals surface area contributed by atoms with E-state index in [1.54, 1.807) is 11.8 Å². The molecule has 0 amide bonds. The molecular weight excluding hydrogens is 230 g/mol. The first-order chi connectivity index (χ1) is 7.74. The van der Waals surface area contributed by atoms with Gasteiger partial charge in [-0.2, -0.15) is 11.8 Å². The van der Waals surface area contributed by atoms with Gasteiger partial charge in [-0.25, -0.2) is 8.78 Å². The maximum absolute atomic E-state index is 13.6. The van der Waals surface area contributed by atoms with E-state index in [1.165, 1.54) is 18.2 Å². The first kappa shape index (κ1) is 11.8. The van der Waals surface area contributed by atoms with Gasteiger partial charge in [-0.3, -0.25) is 11.3 Å². The second-order valence-electron chi connectivity index (χ2n) is 3.83. The Kier molecular flexibility index (Phi) is 3.78. The SMILES string of the molecule is NNC(c1c(F)cccc1F)C1CCCS1. The van der Waals surface area contributed by atoms with Crippen LogP contribution in [-0.2, 0) is 0 Å². The molecule has 2 unspecified atom stereocenters. The van der Waals surface area contributed by atoms with Crippen molar-refractivity contribution in [2.24, 2.45) is 5.84 Å². The highest BCUT2D eigenvalue weighted by Crippen LogP contribution is 2.37. The number of nitrogens with two attached hydrogens (primary N) is 1. The van der Waals surface area contributed by atoms with E-state index in [1.807, 2.05) is 0 Å². The van der Waals surface area contributed by atoms with E-state index in [-0.39, 0.29) is 10.8 Å². The van der Waals surface area contributed by atoms with E-state index < -0.39 is 17.7 Å². The number of hydrogen-bond acceptors (Lipinski definition) is 3. The molecule has 1 aromatic carbocycles. The first-order valence-corrected chi connectivity index (χ1v) is 6.30. The summed E-state index contributed by atoms with van der Waals surface area (Å²) in [5.74, 6) is 5.39. The van der Waals surface area contributed by atoms with Gasteiger partial charge < -0.3 is 0 Å². The third kappa shape index (κ3) is 2.21. The molecule has 2 nitrogen and oxygen atoms in total. The lowest BCUT2D eigenvalue weighted by atomic mass is 10.0. The summed E-state index contributed by atoms with van der Waals surface area (Å²) in [6.45, 7) is 0. The summed E-state index contributed by atoms with van der Waals surface area (Å²) >= 11 is 1.71. The minimum Gasteiger partial charge on any atom is -0.271 e. The second kappa shape index (κ2) is 5.12. The van der Waals surface area contributed by atoms with E-state index in [0.717, 1.165) is 18.6 Å². The highest BCUT2D eigenvalue weighted by molar-refractivity contribution is 8.00. The molecular formula is C11H14F2N2S. The van der Waals surface area contributed by atoms with Crippen molar-refractivity contribution in [1.29, 1.82) is 0 Å². The fraction of sp³-hybridized carbons (Fsp3) is 0.455. The summed E-state index contributed by atoms with van der Waals surface area (Å²) in [6, 6.07) is 3.45. The molecule has 1 fully saturated rings. The van der Waals surface area contributed by atoms with Gasteiger partial charge in [0.05, 0.1) is 6.04 Å². The molecule has 3 N–H and O–H groups in total. The summed E-state index contributed by atoms with van der Waals surface area (Å²) in [5, 5.41) is 0.149. The fourth-order valence-corrected chi connectivity index (χ4v) is 3.43. The van der Waals surface area contributed by atoms with Crippen LogP contribution in [0.5, 0.6) is 0 Å². The number of thioether (sulfide) groups is 1. The summed E-state index contributed by atoms with van der Waals surface area (Å²) in [6.07, 6.45) is 2.01. The van der Waals surface area contributed by atoms with Crippen molar-refractivity contribution in [3.8, 4) is 0 Å². The molecule has 1 aromatic rings. The molecule has 0 aliphatic carbocycles. The number of benzene rings is 1. The zero-order valence-electron chi connectivity index (χ0n) is 8.75. The average molecular weight is 244 g/mol. The summed E-state index contributed by atoms with van der Waals surface area (Å²) in [5.41, 5.74) is 2.60. The van der Waals surface area contributed by atoms with Crippen molar-refractivity contribution in [3.63, 3.8) is 0 Å². The summed E-state index contributed by atoms with van der Waals surface area (Å²) in [4.78, 5) is 0. The molecule has 0 bridgehead atoms. The zero-order chi connectivity index (χ0) is 11.5. The molecule has 1 aliphatic heterocycles. The third-order valence-electron chi connectivity index (χ3n) is 2.83. The summed E-state index contributed by atoms with van der Waals surface area (Å²) in [7, 11) is 0. The first-order valence-electron chi connectivity index (χ1n) is 5.25. The Labute approximate surface area is 97.6 Å². The van der Waals surface area contributed by atoms with Crippen LogP contribution >= 0.6 is 11.8 Å². The highest BCUT2D eigenvalue weighted by Gasteiger charge is 2.30. The van der Waals surface area contributed by atoms with Gasteiger partial charge in [0.15, 0.2) is 0 Å². The molecule has 1 aliphatic rings.